The number of urea groups is 1. The Morgan fingerprint density at radius 2 is 2.20 bits per heavy atom. The highest BCUT2D eigenvalue weighted by molar-refractivity contribution is 5.91. The van der Waals surface area contributed by atoms with Crippen LogP contribution in [0.3, 0.4) is 0 Å². The molecule has 0 bridgehead atoms. The molecule has 0 spiro atoms. The number of piperidine rings is 1. The summed E-state index contributed by atoms with van der Waals surface area (Å²) in [6.45, 7) is 4.14. The van der Waals surface area contributed by atoms with Gasteiger partial charge in [0.2, 0.25) is 0 Å². The zero-order valence-electron chi connectivity index (χ0n) is 14.7. The van der Waals surface area contributed by atoms with Gasteiger partial charge in [0.05, 0.1) is 12.3 Å². The lowest BCUT2D eigenvalue weighted by atomic mass is 10.00. The summed E-state index contributed by atoms with van der Waals surface area (Å²) in [4.78, 5) is 14.8. The smallest absolute Gasteiger partial charge is 0.322 e. The van der Waals surface area contributed by atoms with E-state index in [9.17, 15) is 4.79 Å². The molecule has 2 amide bonds. The summed E-state index contributed by atoms with van der Waals surface area (Å²) >= 11 is 0. The van der Waals surface area contributed by atoms with E-state index in [-0.39, 0.29) is 12.1 Å². The Balaban J connectivity index is 1.64. The van der Waals surface area contributed by atoms with Crippen LogP contribution in [0.1, 0.15) is 32.6 Å². The number of aryl methyl sites for hydroxylation is 1. The maximum absolute atomic E-state index is 12.8. The Morgan fingerprint density at radius 1 is 1.32 bits per heavy atom. The summed E-state index contributed by atoms with van der Waals surface area (Å²) < 4.78 is 7.53. The molecule has 0 saturated carbocycles. The van der Waals surface area contributed by atoms with Gasteiger partial charge in [-0.1, -0.05) is 12.1 Å². The number of amides is 2. The predicted molar refractivity (Wildman–Crippen MR) is 97.8 cm³/mol. The second-order valence-electron chi connectivity index (χ2n) is 6.26. The normalized spacial score (nSPS) is 17.3. The molecule has 1 aromatic carbocycles. The minimum Gasteiger partial charge on any atom is -0.492 e. The molecule has 1 aromatic heterocycles. The number of carbonyl (C=O) groups is 1. The maximum Gasteiger partial charge on any atom is 0.322 e. The molecule has 0 aliphatic carbocycles. The number of carbonyl (C=O) groups excluding carboxylic acids is 1. The fourth-order valence-corrected chi connectivity index (χ4v) is 3.32. The van der Waals surface area contributed by atoms with E-state index in [1.165, 1.54) is 6.42 Å². The first-order valence-electron chi connectivity index (χ1n) is 9.05. The molecule has 1 atom stereocenters. The van der Waals surface area contributed by atoms with Gasteiger partial charge in [-0.3, -0.25) is 4.68 Å². The lowest BCUT2D eigenvalue weighted by molar-refractivity contribution is 0.154. The Labute approximate surface area is 148 Å². The second-order valence-corrected chi connectivity index (χ2v) is 6.26. The van der Waals surface area contributed by atoms with Crippen molar-refractivity contribution in [3.8, 4) is 5.75 Å². The lowest BCUT2D eigenvalue weighted by Crippen LogP contribution is -2.46. The third-order valence-corrected chi connectivity index (χ3v) is 4.57. The average molecular weight is 342 g/mol. The molecule has 1 unspecified atom stereocenters. The Bertz CT molecular complexity index is 672. The number of para-hydroxylation sites is 2. The van der Waals surface area contributed by atoms with Crippen LogP contribution in [0.15, 0.2) is 42.7 Å². The number of likely N-dealkylation sites (tertiary alicyclic amines) is 1. The summed E-state index contributed by atoms with van der Waals surface area (Å²) in [7, 11) is 0. The molecule has 3 rings (SSSR count). The number of nitrogens with one attached hydrogen (secondary N) is 1. The molecule has 6 nitrogen and oxygen atoms in total. The summed E-state index contributed by atoms with van der Waals surface area (Å²) in [5.41, 5.74) is 0.728. The molecule has 1 saturated heterocycles. The first-order valence-corrected chi connectivity index (χ1v) is 9.05. The van der Waals surface area contributed by atoms with Crippen LogP contribution in [-0.2, 0) is 6.54 Å². The number of hydrogen-bond acceptors (Lipinski definition) is 3. The fraction of sp³-hybridized carbons (Fsp3) is 0.474. The summed E-state index contributed by atoms with van der Waals surface area (Å²) in [6.07, 6.45) is 7.94. The molecule has 6 heteroatoms. The van der Waals surface area contributed by atoms with Crippen LogP contribution in [0.5, 0.6) is 5.75 Å². The molecular weight excluding hydrogens is 316 g/mol. The van der Waals surface area contributed by atoms with Gasteiger partial charge in [0, 0.05) is 31.5 Å². The Hall–Kier alpha value is -2.50. The van der Waals surface area contributed by atoms with Gasteiger partial charge in [-0.05, 0) is 50.8 Å². The van der Waals surface area contributed by atoms with Crippen molar-refractivity contribution in [1.82, 2.24) is 14.7 Å². The SMILES string of the molecule is CCOc1ccccc1NC(=O)N1CCCCC1CCn1cccn1. The number of benzene rings is 1. The molecule has 0 radical (unpaired) electrons. The Kier molecular flexibility index (Phi) is 5.93. The molecular formula is C19H26N4O2. The molecule has 1 fully saturated rings. The second kappa shape index (κ2) is 8.55. The van der Waals surface area contributed by atoms with Crippen molar-refractivity contribution in [2.24, 2.45) is 0 Å². The van der Waals surface area contributed by atoms with E-state index >= 15 is 0 Å². The van der Waals surface area contributed by atoms with Crippen LogP contribution in [0.2, 0.25) is 0 Å². The summed E-state index contributed by atoms with van der Waals surface area (Å²) in [6, 6.07) is 9.71. The fourth-order valence-electron chi connectivity index (χ4n) is 3.32. The first kappa shape index (κ1) is 17.3. The third-order valence-electron chi connectivity index (χ3n) is 4.57. The monoisotopic (exact) mass is 342 g/mol. The van der Waals surface area contributed by atoms with Crippen LogP contribution in [0.4, 0.5) is 10.5 Å². The van der Waals surface area contributed by atoms with Crippen molar-refractivity contribution in [2.75, 3.05) is 18.5 Å². The average Bonchev–Trinajstić information content (AvgIpc) is 3.15. The molecule has 134 valence electrons. The van der Waals surface area contributed by atoms with E-state index in [0.717, 1.165) is 38.0 Å². The van der Waals surface area contributed by atoms with Crippen molar-refractivity contribution < 1.29 is 9.53 Å². The molecule has 2 aromatic rings. The van der Waals surface area contributed by atoms with Gasteiger partial charge in [0.1, 0.15) is 5.75 Å². The number of rotatable bonds is 6. The van der Waals surface area contributed by atoms with E-state index in [1.54, 1.807) is 6.20 Å². The van der Waals surface area contributed by atoms with Gasteiger partial charge in [0.25, 0.3) is 0 Å². The predicted octanol–water partition coefficient (Wildman–Crippen LogP) is 3.76. The number of ether oxygens (including phenoxy) is 1. The molecule has 2 heterocycles. The molecule has 1 aliphatic rings. The first-order chi connectivity index (χ1) is 12.3. The zero-order chi connectivity index (χ0) is 17.5. The van der Waals surface area contributed by atoms with Crippen molar-refractivity contribution in [2.45, 2.75) is 45.2 Å². The van der Waals surface area contributed by atoms with Gasteiger partial charge >= 0.3 is 6.03 Å². The molecule has 1 N–H and O–H groups in total. The van der Waals surface area contributed by atoms with Crippen LogP contribution >= 0.6 is 0 Å². The number of aromatic nitrogens is 2. The lowest BCUT2D eigenvalue weighted by Gasteiger charge is -2.36. The van der Waals surface area contributed by atoms with Crippen molar-refractivity contribution in [3.05, 3.63) is 42.7 Å². The quantitative estimate of drug-likeness (QED) is 0.869. The largest absolute Gasteiger partial charge is 0.492 e. The number of anilines is 1. The van der Waals surface area contributed by atoms with Crippen LogP contribution in [0.25, 0.3) is 0 Å². The van der Waals surface area contributed by atoms with Crippen molar-refractivity contribution >= 4 is 11.7 Å². The van der Waals surface area contributed by atoms with Gasteiger partial charge in [-0.25, -0.2) is 4.79 Å². The Morgan fingerprint density at radius 3 is 3.00 bits per heavy atom. The number of hydrogen-bond donors (Lipinski definition) is 1. The highest BCUT2D eigenvalue weighted by Gasteiger charge is 2.27. The van der Waals surface area contributed by atoms with Gasteiger partial charge in [-0.15, -0.1) is 0 Å². The van der Waals surface area contributed by atoms with Crippen LogP contribution in [-0.4, -0.2) is 39.9 Å². The standard InChI is InChI=1S/C19H26N4O2/c1-2-25-18-10-4-3-9-17(18)21-19(24)23-14-6-5-8-16(23)11-15-22-13-7-12-20-22/h3-4,7,9-10,12-13,16H,2,5-6,8,11,14-15H2,1H3,(H,21,24). The van der Waals surface area contributed by atoms with E-state index in [1.807, 2.05) is 53.0 Å². The zero-order valence-corrected chi connectivity index (χ0v) is 14.7. The van der Waals surface area contributed by atoms with Crippen molar-refractivity contribution in [3.63, 3.8) is 0 Å². The van der Waals surface area contributed by atoms with Crippen LogP contribution in [0, 0.1) is 0 Å². The molecule has 25 heavy (non-hydrogen) atoms. The van der Waals surface area contributed by atoms with Gasteiger partial charge in [0.15, 0.2) is 0 Å². The highest BCUT2D eigenvalue weighted by atomic mass is 16.5. The topological polar surface area (TPSA) is 59.4 Å². The summed E-state index contributed by atoms with van der Waals surface area (Å²) in [5, 5.41) is 7.28. The van der Waals surface area contributed by atoms with E-state index < -0.39 is 0 Å². The van der Waals surface area contributed by atoms with E-state index in [2.05, 4.69) is 10.4 Å². The van der Waals surface area contributed by atoms with Crippen LogP contribution < -0.4 is 10.1 Å². The highest BCUT2D eigenvalue weighted by Crippen LogP contribution is 2.26. The minimum absolute atomic E-state index is 0.0441. The third kappa shape index (κ3) is 4.53. The summed E-state index contributed by atoms with van der Waals surface area (Å²) in [5.74, 6) is 0.712. The van der Waals surface area contributed by atoms with Gasteiger partial charge in [-0.2, -0.15) is 5.10 Å². The molecule has 1 aliphatic heterocycles. The minimum atomic E-state index is -0.0441. The van der Waals surface area contributed by atoms with E-state index in [0.29, 0.717) is 12.4 Å². The van der Waals surface area contributed by atoms with Crippen molar-refractivity contribution in [1.29, 1.82) is 0 Å². The van der Waals surface area contributed by atoms with Gasteiger partial charge < -0.3 is 15.0 Å². The number of nitrogens with zero attached hydrogens (tertiary/aromatic N) is 3. The maximum atomic E-state index is 12.8. The van der Waals surface area contributed by atoms with E-state index in [4.69, 9.17) is 4.74 Å².